The molecule has 0 atom stereocenters. The van der Waals surface area contributed by atoms with Crippen LogP contribution in [0.2, 0.25) is 0 Å². The first-order valence-corrected chi connectivity index (χ1v) is 39.1. The Morgan fingerprint density at radius 3 is 1.04 bits per heavy atom. The minimum atomic E-state index is -0.517. The molecule has 114 heavy (non-hydrogen) atoms. The van der Waals surface area contributed by atoms with Gasteiger partial charge in [0, 0.05) is 0 Å². The van der Waals surface area contributed by atoms with Crippen LogP contribution >= 0.6 is 0 Å². The Balaban J connectivity index is 0.947. The van der Waals surface area contributed by atoms with Crippen LogP contribution < -0.4 is 42.3 Å². The second-order valence-corrected chi connectivity index (χ2v) is 30.7. The van der Waals surface area contributed by atoms with Gasteiger partial charge in [0.15, 0.2) is 0 Å². The fourth-order valence-electron chi connectivity index (χ4n) is 18.9. The van der Waals surface area contributed by atoms with Crippen LogP contribution in [-0.2, 0) is 22.7 Å². The lowest BCUT2D eigenvalue weighted by molar-refractivity contribution is 0.0464. The largest absolute Gasteiger partial charge is 0.458 e. The number of benzene rings is 18. The molecule has 0 amide bonds. The Morgan fingerprint density at radius 2 is 0.614 bits per heavy atom. The zero-order valence-corrected chi connectivity index (χ0v) is 62.5. The maximum absolute atomic E-state index is 15.5. The molecule has 0 N–H and O–H groups in total. The Labute approximate surface area is 661 Å². The van der Waals surface area contributed by atoms with E-state index in [-0.39, 0.29) is 19.9 Å². The Kier molecular flexibility index (Phi) is 15.6. The lowest BCUT2D eigenvalue weighted by Gasteiger charge is -2.38. The number of hydrogen-bond donors (Lipinski definition) is 0. The van der Waals surface area contributed by atoms with Gasteiger partial charge >= 0.3 is 11.9 Å². The number of esters is 2. The smallest absolute Gasteiger partial charge is 0.338 e. The standard InChI is InChI=1S/C106H68B2O6/c1-63-43-45-89-93(48-63)113-95-49-64(2)47-87-83-57-81(97-77(69-35-19-7-20-36-69)50-74(67-31-15-5-16-32-67)51-78(97)70-37-21-8-22-38-70)85-60-92-100-84(88-54-76(106(110)112-62-66-29-13-4-14-30-66)56-96-104(88)108(92)90-46-44-73(55-94(90)114-96)105(109)111-61-65-27-11-3-12-28-65)58-82(86-59-91(107(89)103(87)95)99(83)101(85)102(86)100)98-79(71-39-23-9-24-40-71)52-75(68-33-17-6-18-34-68)53-80(98)72-41-25-10-26-42-72/h3-60H,61-62H2,1-2H3. The average Bonchev–Trinajstić information content (AvgIpc) is 0.664. The van der Waals surface area contributed by atoms with Crippen LogP contribution in [0.3, 0.4) is 0 Å². The number of carbonyl (C=O) groups is 2. The molecule has 0 aliphatic carbocycles. The summed E-state index contributed by atoms with van der Waals surface area (Å²) in [5.41, 5.74) is 32.1. The molecule has 0 unspecified atom stereocenters. The number of ether oxygens (including phenoxy) is 4. The molecule has 18 aromatic rings. The molecule has 0 fully saturated rings. The second-order valence-electron chi connectivity index (χ2n) is 30.7. The van der Waals surface area contributed by atoms with Gasteiger partial charge in [-0.25, -0.2) is 9.59 Å². The molecule has 0 saturated carbocycles. The SMILES string of the molecule is Cc1ccc2c(c1)Oc1cc(C)cc3c1B2c1cc2c(-c4c(-c5ccccc5)cc(-c5ccccc5)cc4-c4ccccc4)cc4c5c(cc6c(-c7c(-c8ccccc8)cc(-c8ccccc8)cc7-c7ccccc7)cc-3c1c6c25)B1c2ccc(C(=O)OCc3ccccc3)cc2Oc2cc(C(=O)OCc3ccccc3)cc-4c21. The van der Waals surface area contributed by atoms with Crippen molar-refractivity contribution in [1.82, 2.24) is 0 Å². The number of rotatable bonds is 14. The van der Waals surface area contributed by atoms with Crippen molar-refractivity contribution < 1.29 is 28.5 Å². The van der Waals surface area contributed by atoms with Crippen molar-refractivity contribution in [3.8, 4) is 134 Å². The van der Waals surface area contributed by atoms with Crippen LogP contribution in [0.1, 0.15) is 43.0 Å². The van der Waals surface area contributed by atoms with E-state index in [0.29, 0.717) is 22.6 Å². The number of carbonyl (C=O) groups excluding carboxylic acids is 2. The van der Waals surface area contributed by atoms with Crippen LogP contribution in [0.5, 0.6) is 23.0 Å². The van der Waals surface area contributed by atoms with E-state index >= 15 is 4.79 Å². The lowest BCUT2D eigenvalue weighted by Crippen LogP contribution is -2.58. The van der Waals surface area contributed by atoms with Crippen LogP contribution in [-0.4, -0.2) is 25.4 Å². The monoisotopic (exact) mass is 1460 g/mol. The van der Waals surface area contributed by atoms with Crippen molar-refractivity contribution in [1.29, 1.82) is 0 Å². The normalized spacial score (nSPS) is 12.4. The Hall–Kier alpha value is -14.3. The van der Waals surface area contributed by atoms with Gasteiger partial charge in [-0.05, 0) is 274 Å². The maximum atomic E-state index is 15.5. The minimum Gasteiger partial charge on any atom is -0.458 e. The van der Waals surface area contributed by atoms with E-state index in [4.69, 9.17) is 18.9 Å². The third kappa shape index (κ3) is 10.9. The molecule has 0 aromatic heterocycles. The Bertz CT molecular complexity index is 6870. The first kappa shape index (κ1) is 66.6. The van der Waals surface area contributed by atoms with Gasteiger partial charge in [0.05, 0.1) is 11.1 Å². The zero-order chi connectivity index (χ0) is 75.8. The second kappa shape index (κ2) is 26.7. The average molecular weight is 1460 g/mol. The third-order valence-electron chi connectivity index (χ3n) is 23.9. The van der Waals surface area contributed by atoms with Crippen LogP contribution in [0.15, 0.2) is 352 Å². The third-order valence-corrected chi connectivity index (χ3v) is 23.9. The van der Waals surface area contributed by atoms with Gasteiger partial charge in [-0.3, -0.25) is 0 Å². The van der Waals surface area contributed by atoms with Gasteiger partial charge in [-0.1, -0.05) is 290 Å². The van der Waals surface area contributed by atoms with Gasteiger partial charge < -0.3 is 18.9 Å². The highest BCUT2D eigenvalue weighted by Crippen LogP contribution is 2.56. The van der Waals surface area contributed by atoms with Crippen molar-refractivity contribution in [3.63, 3.8) is 0 Å². The topological polar surface area (TPSA) is 71.1 Å². The minimum absolute atomic E-state index is 0.0602. The molecular formula is C106H68B2O6. The van der Waals surface area contributed by atoms with E-state index < -0.39 is 18.7 Å². The van der Waals surface area contributed by atoms with Crippen LogP contribution in [0.25, 0.3) is 144 Å². The summed E-state index contributed by atoms with van der Waals surface area (Å²) in [6, 6.07) is 126. The summed E-state index contributed by atoms with van der Waals surface area (Å²) in [7, 11) is 0. The number of hydrogen-bond acceptors (Lipinski definition) is 6. The molecule has 22 rings (SSSR count). The predicted molar refractivity (Wildman–Crippen MR) is 467 cm³/mol. The molecule has 8 heteroatoms. The van der Waals surface area contributed by atoms with Gasteiger partial charge in [0.1, 0.15) is 36.2 Å². The molecule has 0 radical (unpaired) electrons. The molecule has 0 saturated heterocycles. The van der Waals surface area contributed by atoms with Gasteiger partial charge in [-0.15, -0.1) is 0 Å². The summed E-state index contributed by atoms with van der Waals surface area (Å²) in [4.78, 5) is 30.1. The fourth-order valence-corrected chi connectivity index (χ4v) is 18.9. The Morgan fingerprint density at radius 1 is 0.263 bits per heavy atom. The van der Waals surface area contributed by atoms with E-state index in [1.807, 2.05) is 78.9 Å². The van der Waals surface area contributed by atoms with Crippen molar-refractivity contribution in [2.24, 2.45) is 0 Å². The highest BCUT2D eigenvalue weighted by Gasteiger charge is 2.46. The quantitative estimate of drug-likeness (QED) is 0.0614. The molecule has 4 aliphatic heterocycles. The molecular weight excluding hydrogens is 1390 g/mol. The highest BCUT2D eigenvalue weighted by molar-refractivity contribution is 7.01. The lowest BCUT2D eigenvalue weighted by atomic mass is 9.31. The summed E-state index contributed by atoms with van der Waals surface area (Å²) < 4.78 is 27.2. The maximum Gasteiger partial charge on any atom is 0.338 e. The van der Waals surface area contributed by atoms with Crippen LogP contribution in [0.4, 0.5) is 0 Å². The highest BCUT2D eigenvalue weighted by atomic mass is 16.5. The van der Waals surface area contributed by atoms with Crippen molar-refractivity contribution in [3.05, 3.63) is 385 Å². The molecule has 4 heterocycles. The van der Waals surface area contributed by atoms with Gasteiger partial charge in [0.2, 0.25) is 0 Å². The molecule has 534 valence electrons. The zero-order valence-electron chi connectivity index (χ0n) is 62.5. The van der Waals surface area contributed by atoms with E-state index in [2.05, 4.69) is 287 Å². The van der Waals surface area contributed by atoms with E-state index in [1.54, 1.807) is 0 Å². The first-order valence-electron chi connectivity index (χ1n) is 39.1. The van der Waals surface area contributed by atoms with Crippen molar-refractivity contribution >= 4 is 90.5 Å². The van der Waals surface area contributed by atoms with E-state index in [9.17, 15) is 4.79 Å². The molecule has 6 nitrogen and oxygen atoms in total. The van der Waals surface area contributed by atoms with Gasteiger partial charge in [0.25, 0.3) is 13.4 Å². The first-order chi connectivity index (χ1) is 56.2. The molecule has 4 aliphatic rings. The van der Waals surface area contributed by atoms with E-state index in [0.717, 1.165) is 199 Å². The molecule has 18 aromatic carbocycles. The van der Waals surface area contributed by atoms with Crippen molar-refractivity contribution in [2.75, 3.05) is 0 Å². The summed E-state index contributed by atoms with van der Waals surface area (Å²) in [5.74, 6) is 1.70. The number of aryl methyl sites for hydroxylation is 2. The summed E-state index contributed by atoms with van der Waals surface area (Å²) >= 11 is 0. The molecule has 0 bridgehead atoms. The molecule has 0 spiro atoms. The fraction of sp³-hybridized carbons (Fsp3) is 0.0377. The predicted octanol–water partition coefficient (Wildman–Crippen LogP) is 22.5. The summed E-state index contributed by atoms with van der Waals surface area (Å²) in [6.45, 7) is 3.72. The summed E-state index contributed by atoms with van der Waals surface area (Å²) in [5, 5.41) is 6.60. The summed E-state index contributed by atoms with van der Waals surface area (Å²) in [6.07, 6.45) is 0. The van der Waals surface area contributed by atoms with Crippen LogP contribution in [0, 0.1) is 13.8 Å². The van der Waals surface area contributed by atoms with Crippen molar-refractivity contribution in [2.45, 2.75) is 27.1 Å². The number of fused-ring (bicyclic) bond motifs is 8. The van der Waals surface area contributed by atoms with E-state index in [1.165, 1.54) is 10.8 Å². The van der Waals surface area contributed by atoms with Gasteiger partial charge in [-0.2, -0.15) is 0 Å².